The molecule has 0 amide bonds. The van der Waals surface area contributed by atoms with E-state index in [1.54, 1.807) is 0 Å². The lowest BCUT2D eigenvalue weighted by atomic mass is 9.82. The van der Waals surface area contributed by atoms with Gasteiger partial charge in [-0.1, -0.05) is 13.8 Å². The van der Waals surface area contributed by atoms with Crippen molar-refractivity contribution in [1.29, 1.82) is 0 Å². The zero-order valence-electron chi connectivity index (χ0n) is 9.77. The van der Waals surface area contributed by atoms with Gasteiger partial charge >= 0.3 is 5.97 Å². The molecule has 0 unspecified atom stereocenters. The second-order valence-corrected chi connectivity index (χ2v) is 6.41. The summed E-state index contributed by atoms with van der Waals surface area (Å²) in [6, 6.07) is 0. The summed E-state index contributed by atoms with van der Waals surface area (Å²) in [7, 11) is -3.62. The third-order valence-corrected chi connectivity index (χ3v) is 5.31. The SMILES string of the molecule is CCC1(CC)CCN(S(=O)(=O)CC(=O)O)C1. The summed E-state index contributed by atoms with van der Waals surface area (Å²) in [6.45, 7) is 5.03. The number of aliphatic carboxylic acids is 1. The summed E-state index contributed by atoms with van der Waals surface area (Å²) in [5.74, 6) is -2.08. The van der Waals surface area contributed by atoms with Gasteiger partial charge in [-0.15, -0.1) is 0 Å². The molecule has 1 aliphatic heterocycles. The number of carboxylic acid groups (broad SMARTS) is 1. The van der Waals surface area contributed by atoms with Gasteiger partial charge in [-0.3, -0.25) is 4.79 Å². The zero-order chi connectivity index (χ0) is 12.4. The second-order valence-electron chi connectivity index (χ2n) is 4.44. The third-order valence-electron chi connectivity index (χ3n) is 3.60. The van der Waals surface area contributed by atoms with E-state index in [-0.39, 0.29) is 5.41 Å². The predicted octanol–water partition coefficient (Wildman–Crippen LogP) is 0.913. The molecule has 1 rings (SSSR count). The number of hydrogen-bond acceptors (Lipinski definition) is 3. The molecule has 1 aliphatic rings. The van der Waals surface area contributed by atoms with E-state index < -0.39 is 21.7 Å². The first-order valence-corrected chi connectivity index (χ1v) is 7.16. The average Bonchev–Trinajstić information content (AvgIpc) is 2.61. The molecule has 94 valence electrons. The predicted molar refractivity (Wildman–Crippen MR) is 60.6 cm³/mol. The highest BCUT2D eigenvalue weighted by Crippen LogP contribution is 2.38. The Morgan fingerprint density at radius 2 is 1.94 bits per heavy atom. The van der Waals surface area contributed by atoms with Gasteiger partial charge in [0.2, 0.25) is 10.0 Å². The van der Waals surface area contributed by atoms with E-state index in [2.05, 4.69) is 13.8 Å². The summed E-state index contributed by atoms with van der Waals surface area (Å²) in [5.41, 5.74) is 0.0472. The number of carbonyl (C=O) groups is 1. The second kappa shape index (κ2) is 4.71. The smallest absolute Gasteiger partial charge is 0.320 e. The molecular weight excluding hydrogens is 230 g/mol. The molecule has 0 atom stereocenters. The molecule has 16 heavy (non-hydrogen) atoms. The largest absolute Gasteiger partial charge is 0.480 e. The van der Waals surface area contributed by atoms with Gasteiger partial charge < -0.3 is 5.11 Å². The molecule has 1 heterocycles. The monoisotopic (exact) mass is 249 g/mol. The molecular formula is C10H19NO4S. The number of carboxylic acids is 1. The van der Waals surface area contributed by atoms with Crippen LogP contribution in [-0.2, 0) is 14.8 Å². The Bertz CT molecular complexity index is 359. The van der Waals surface area contributed by atoms with E-state index in [0.717, 1.165) is 19.3 Å². The fourth-order valence-corrected chi connectivity index (χ4v) is 3.54. The minimum absolute atomic E-state index is 0.0472. The van der Waals surface area contributed by atoms with Crippen molar-refractivity contribution in [3.05, 3.63) is 0 Å². The molecule has 0 aromatic rings. The Morgan fingerprint density at radius 3 is 2.31 bits per heavy atom. The summed E-state index contributed by atoms with van der Waals surface area (Å²) in [5, 5.41) is 8.55. The molecule has 0 radical (unpaired) electrons. The number of sulfonamides is 1. The van der Waals surface area contributed by atoms with Crippen LogP contribution in [0.5, 0.6) is 0 Å². The van der Waals surface area contributed by atoms with Crippen molar-refractivity contribution in [1.82, 2.24) is 4.31 Å². The number of nitrogens with zero attached hydrogens (tertiary/aromatic N) is 1. The van der Waals surface area contributed by atoms with Crippen molar-refractivity contribution >= 4 is 16.0 Å². The van der Waals surface area contributed by atoms with Crippen LogP contribution < -0.4 is 0 Å². The molecule has 0 aromatic carbocycles. The van der Waals surface area contributed by atoms with Gasteiger partial charge in [0, 0.05) is 13.1 Å². The molecule has 0 aliphatic carbocycles. The highest BCUT2D eigenvalue weighted by molar-refractivity contribution is 7.89. The Morgan fingerprint density at radius 1 is 1.38 bits per heavy atom. The number of rotatable bonds is 5. The standard InChI is InChI=1S/C10H19NO4S/c1-3-10(4-2)5-6-11(8-10)16(14,15)7-9(12)13/h3-8H2,1-2H3,(H,12,13). The lowest BCUT2D eigenvalue weighted by molar-refractivity contribution is -0.134. The first-order valence-electron chi connectivity index (χ1n) is 5.55. The molecule has 1 N–H and O–H groups in total. The number of hydrogen-bond donors (Lipinski definition) is 1. The third kappa shape index (κ3) is 2.74. The van der Waals surface area contributed by atoms with Gasteiger partial charge in [0.25, 0.3) is 0 Å². The van der Waals surface area contributed by atoms with Crippen molar-refractivity contribution in [3.8, 4) is 0 Å². The van der Waals surface area contributed by atoms with Crippen LogP contribution in [0, 0.1) is 5.41 Å². The van der Waals surface area contributed by atoms with Crippen LogP contribution in [-0.4, -0.2) is 42.6 Å². The summed E-state index contributed by atoms with van der Waals surface area (Å²) >= 11 is 0. The first-order chi connectivity index (χ1) is 7.35. The highest BCUT2D eigenvalue weighted by Gasteiger charge is 2.40. The molecule has 1 saturated heterocycles. The van der Waals surface area contributed by atoms with Gasteiger partial charge in [-0.25, -0.2) is 12.7 Å². The van der Waals surface area contributed by atoms with Crippen LogP contribution in [0.15, 0.2) is 0 Å². The summed E-state index contributed by atoms with van der Waals surface area (Å²) in [6.07, 6.45) is 2.70. The molecule has 1 fully saturated rings. The quantitative estimate of drug-likeness (QED) is 0.786. The van der Waals surface area contributed by atoms with Gasteiger partial charge in [-0.05, 0) is 24.7 Å². The Labute approximate surface area is 96.5 Å². The topological polar surface area (TPSA) is 74.7 Å². The Hall–Kier alpha value is -0.620. The van der Waals surface area contributed by atoms with Crippen molar-refractivity contribution < 1.29 is 18.3 Å². The van der Waals surface area contributed by atoms with Crippen LogP contribution in [0.1, 0.15) is 33.1 Å². The van der Waals surface area contributed by atoms with E-state index in [4.69, 9.17) is 5.11 Å². The van der Waals surface area contributed by atoms with Gasteiger partial charge in [-0.2, -0.15) is 0 Å². The molecule has 0 aromatic heterocycles. The van der Waals surface area contributed by atoms with E-state index >= 15 is 0 Å². The van der Waals surface area contributed by atoms with Crippen LogP contribution in [0.3, 0.4) is 0 Å². The van der Waals surface area contributed by atoms with Crippen LogP contribution in [0.2, 0.25) is 0 Å². The Balaban J connectivity index is 2.76. The van der Waals surface area contributed by atoms with Gasteiger partial charge in [0.15, 0.2) is 5.75 Å². The maximum atomic E-state index is 11.7. The van der Waals surface area contributed by atoms with Crippen LogP contribution in [0.25, 0.3) is 0 Å². The maximum Gasteiger partial charge on any atom is 0.320 e. The first kappa shape index (κ1) is 13.4. The Kier molecular flexibility index (Phi) is 3.96. The van der Waals surface area contributed by atoms with Gasteiger partial charge in [0.05, 0.1) is 0 Å². The van der Waals surface area contributed by atoms with E-state index in [0.29, 0.717) is 13.1 Å². The highest BCUT2D eigenvalue weighted by atomic mass is 32.2. The minimum Gasteiger partial charge on any atom is -0.480 e. The summed E-state index contributed by atoms with van der Waals surface area (Å²) < 4.78 is 24.7. The lowest BCUT2D eigenvalue weighted by Gasteiger charge is -2.25. The zero-order valence-corrected chi connectivity index (χ0v) is 10.6. The molecule has 0 bridgehead atoms. The van der Waals surface area contributed by atoms with Gasteiger partial charge in [0.1, 0.15) is 0 Å². The molecule has 5 nitrogen and oxygen atoms in total. The van der Waals surface area contributed by atoms with E-state index in [1.165, 1.54) is 4.31 Å². The summed E-state index contributed by atoms with van der Waals surface area (Å²) in [4.78, 5) is 10.5. The fourth-order valence-electron chi connectivity index (χ4n) is 2.21. The van der Waals surface area contributed by atoms with Crippen molar-refractivity contribution in [2.24, 2.45) is 5.41 Å². The molecule has 0 spiro atoms. The van der Waals surface area contributed by atoms with Crippen molar-refractivity contribution in [3.63, 3.8) is 0 Å². The molecule has 0 saturated carbocycles. The van der Waals surface area contributed by atoms with E-state index in [1.807, 2.05) is 0 Å². The average molecular weight is 249 g/mol. The van der Waals surface area contributed by atoms with Crippen molar-refractivity contribution in [2.75, 3.05) is 18.8 Å². The molecule has 6 heteroatoms. The van der Waals surface area contributed by atoms with Crippen molar-refractivity contribution in [2.45, 2.75) is 33.1 Å². The van der Waals surface area contributed by atoms with Crippen LogP contribution >= 0.6 is 0 Å². The lowest BCUT2D eigenvalue weighted by Crippen LogP contribution is -2.35. The normalized spacial score (nSPS) is 21.1. The minimum atomic E-state index is -3.62. The van der Waals surface area contributed by atoms with E-state index in [9.17, 15) is 13.2 Å². The maximum absolute atomic E-state index is 11.7. The fraction of sp³-hybridized carbons (Fsp3) is 0.900. The van der Waals surface area contributed by atoms with Crippen LogP contribution in [0.4, 0.5) is 0 Å².